The summed E-state index contributed by atoms with van der Waals surface area (Å²) >= 11 is 0. The average molecular weight is 229 g/mol. The molecule has 1 aliphatic rings. The van der Waals surface area contributed by atoms with Gasteiger partial charge in [0.25, 0.3) is 0 Å². The molecule has 3 nitrogen and oxygen atoms in total. The van der Waals surface area contributed by atoms with Crippen LogP contribution in [0.5, 0.6) is 0 Å². The minimum atomic E-state index is -0.00759. The molecule has 1 aliphatic heterocycles. The van der Waals surface area contributed by atoms with Gasteiger partial charge in [-0.3, -0.25) is 0 Å². The van der Waals surface area contributed by atoms with Crippen LogP contribution in [-0.2, 0) is 0 Å². The first-order chi connectivity index (χ1) is 8.33. The van der Waals surface area contributed by atoms with Crippen LogP contribution in [0.15, 0.2) is 30.3 Å². The second-order valence-electron chi connectivity index (χ2n) is 4.63. The lowest BCUT2D eigenvalue weighted by atomic mass is 10.0. The number of nitrogens with one attached hydrogen (secondary N) is 1. The van der Waals surface area contributed by atoms with Gasteiger partial charge in [-0.2, -0.15) is 5.26 Å². The molecular weight excluding hydrogens is 210 g/mol. The molecule has 0 aromatic heterocycles. The first-order valence-corrected chi connectivity index (χ1v) is 6.17. The van der Waals surface area contributed by atoms with Gasteiger partial charge in [0.1, 0.15) is 0 Å². The monoisotopic (exact) mass is 229 g/mol. The van der Waals surface area contributed by atoms with Gasteiger partial charge < -0.3 is 10.2 Å². The third-order valence-electron chi connectivity index (χ3n) is 3.48. The third kappa shape index (κ3) is 3.06. The lowest BCUT2D eigenvalue weighted by Gasteiger charge is -2.19. The zero-order valence-electron chi connectivity index (χ0n) is 10.3. The Labute approximate surface area is 103 Å². The number of hydrogen-bond donors (Lipinski definition) is 1. The molecule has 0 aliphatic carbocycles. The normalized spacial score (nSPS) is 22.2. The van der Waals surface area contributed by atoms with Crippen molar-refractivity contribution >= 4 is 0 Å². The summed E-state index contributed by atoms with van der Waals surface area (Å²) < 4.78 is 0. The fourth-order valence-electron chi connectivity index (χ4n) is 2.40. The van der Waals surface area contributed by atoms with Crippen molar-refractivity contribution in [3.05, 3.63) is 35.9 Å². The highest BCUT2D eigenvalue weighted by atomic mass is 15.2. The molecule has 2 unspecified atom stereocenters. The molecular formula is C14H19N3. The Morgan fingerprint density at radius 2 is 2.24 bits per heavy atom. The summed E-state index contributed by atoms with van der Waals surface area (Å²) in [5, 5.41) is 12.6. The van der Waals surface area contributed by atoms with Crippen molar-refractivity contribution in [2.24, 2.45) is 0 Å². The summed E-state index contributed by atoms with van der Waals surface area (Å²) in [6.45, 7) is 3.00. The summed E-state index contributed by atoms with van der Waals surface area (Å²) in [4.78, 5) is 2.38. The van der Waals surface area contributed by atoms with Gasteiger partial charge in [-0.15, -0.1) is 0 Å². The summed E-state index contributed by atoms with van der Waals surface area (Å²) in [6, 6.07) is 13.1. The van der Waals surface area contributed by atoms with Crippen LogP contribution in [0, 0.1) is 11.3 Å². The molecule has 1 aromatic rings. The van der Waals surface area contributed by atoms with Gasteiger partial charge in [0.05, 0.1) is 12.0 Å². The summed E-state index contributed by atoms with van der Waals surface area (Å²) in [5.41, 5.74) is 1.13. The second-order valence-corrected chi connectivity index (χ2v) is 4.63. The van der Waals surface area contributed by atoms with Crippen molar-refractivity contribution < 1.29 is 0 Å². The maximum Gasteiger partial charge on any atom is 0.0839 e. The fraction of sp³-hybridized carbons (Fsp3) is 0.500. The van der Waals surface area contributed by atoms with E-state index in [1.807, 2.05) is 37.4 Å². The van der Waals surface area contributed by atoms with E-state index in [4.69, 9.17) is 0 Å². The predicted octanol–water partition coefficient (Wildman–Crippen LogP) is 1.59. The molecule has 1 heterocycles. The van der Waals surface area contributed by atoms with Gasteiger partial charge in [-0.25, -0.2) is 0 Å². The molecule has 2 rings (SSSR count). The van der Waals surface area contributed by atoms with Crippen molar-refractivity contribution in [2.45, 2.75) is 18.4 Å². The van der Waals surface area contributed by atoms with Gasteiger partial charge in [-0.05, 0) is 25.6 Å². The van der Waals surface area contributed by atoms with Crippen LogP contribution in [-0.4, -0.2) is 37.6 Å². The molecule has 90 valence electrons. The van der Waals surface area contributed by atoms with E-state index in [1.54, 1.807) is 0 Å². The number of likely N-dealkylation sites (tertiary alicyclic amines) is 1. The van der Waals surface area contributed by atoms with E-state index in [2.05, 4.69) is 16.3 Å². The van der Waals surface area contributed by atoms with Crippen molar-refractivity contribution in [1.82, 2.24) is 10.2 Å². The number of nitrogens with zero attached hydrogens (tertiary/aromatic N) is 2. The Bertz CT molecular complexity index is 382. The zero-order valence-corrected chi connectivity index (χ0v) is 10.3. The lowest BCUT2D eigenvalue weighted by molar-refractivity contribution is 0.323. The molecule has 1 saturated heterocycles. The van der Waals surface area contributed by atoms with Crippen molar-refractivity contribution in [2.75, 3.05) is 26.7 Å². The Kier molecular flexibility index (Phi) is 4.13. The Morgan fingerprint density at radius 1 is 1.47 bits per heavy atom. The van der Waals surface area contributed by atoms with Crippen LogP contribution >= 0.6 is 0 Å². The molecule has 0 radical (unpaired) electrons. The zero-order chi connectivity index (χ0) is 12.1. The van der Waals surface area contributed by atoms with Gasteiger partial charge in [0.15, 0.2) is 0 Å². The maximum atomic E-state index is 9.27. The summed E-state index contributed by atoms with van der Waals surface area (Å²) in [7, 11) is 2.01. The van der Waals surface area contributed by atoms with Gasteiger partial charge in [-0.1, -0.05) is 30.3 Å². The number of likely N-dealkylation sites (N-methyl/N-ethyl adjacent to an activating group) is 1. The van der Waals surface area contributed by atoms with Crippen LogP contribution in [0.1, 0.15) is 17.9 Å². The Morgan fingerprint density at radius 3 is 2.82 bits per heavy atom. The molecule has 0 amide bonds. The van der Waals surface area contributed by atoms with E-state index in [9.17, 15) is 5.26 Å². The third-order valence-corrected chi connectivity index (χ3v) is 3.48. The van der Waals surface area contributed by atoms with Gasteiger partial charge >= 0.3 is 0 Å². The van der Waals surface area contributed by atoms with Crippen LogP contribution in [0.25, 0.3) is 0 Å². The van der Waals surface area contributed by atoms with E-state index in [0.717, 1.165) is 25.2 Å². The SMILES string of the molecule is CNC1CCN(CC(C#N)c2ccccc2)C1. The molecule has 1 aromatic carbocycles. The summed E-state index contributed by atoms with van der Waals surface area (Å²) in [6.07, 6.45) is 1.18. The molecule has 1 N–H and O–H groups in total. The minimum Gasteiger partial charge on any atom is -0.316 e. The number of rotatable bonds is 4. The molecule has 0 bridgehead atoms. The van der Waals surface area contributed by atoms with Crippen molar-refractivity contribution in [3.63, 3.8) is 0 Å². The first kappa shape index (κ1) is 12.1. The van der Waals surface area contributed by atoms with Crippen LogP contribution in [0.3, 0.4) is 0 Å². The highest BCUT2D eigenvalue weighted by molar-refractivity contribution is 5.25. The van der Waals surface area contributed by atoms with E-state index < -0.39 is 0 Å². The quantitative estimate of drug-likeness (QED) is 0.852. The number of nitriles is 1. The molecule has 1 fully saturated rings. The Balaban J connectivity index is 1.96. The minimum absolute atomic E-state index is 0.00759. The summed E-state index contributed by atoms with van der Waals surface area (Å²) in [5.74, 6) is -0.00759. The van der Waals surface area contributed by atoms with Gasteiger partial charge in [0, 0.05) is 19.1 Å². The van der Waals surface area contributed by atoms with Crippen LogP contribution in [0.2, 0.25) is 0 Å². The van der Waals surface area contributed by atoms with Gasteiger partial charge in [0.2, 0.25) is 0 Å². The molecule has 0 saturated carbocycles. The number of hydrogen-bond acceptors (Lipinski definition) is 3. The van der Waals surface area contributed by atoms with Crippen LogP contribution in [0.4, 0.5) is 0 Å². The topological polar surface area (TPSA) is 39.1 Å². The lowest BCUT2D eigenvalue weighted by Crippen LogP contribution is -2.31. The molecule has 17 heavy (non-hydrogen) atoms. The van der Waals surface area contributed by atoms with E-state index in [-0.39, 0.29) is 5.92 Å². The van der Waals surface area contributed by atoms with E-state index >= 15 is 0 Å². The largest absolute Gasteiger partial charge is 0.316 e. The Hall–Kier alpha value is -1.37. The smallest absolute Gasteiger partial charge is 0.0839 e. The predicted molar refractivity (Wildman–Crippen MR) is 68.7 cm³/mol. The van der Waals surface area contributed by atoms with E-state index in [1.165, 1.54) is 6.42 Å². The maximum absolute atomic E-state index is 9.27. The highest BCUT2D eigenvalue weighted by Gasteiger charge is 2.23. The molecule has 0 spiro atoms. The fourth-order valence-corrected chi connectivity index (χ4v) is 2.40. The van der Waals surface area contributed by atoms with Crippen molar-refractivity contribution in [1.29, 1.82) is 5.26 Å². The molecule has 3 heteroatoms. The average Bonchev–Trinajstić information content (AvgIpc) is 2.84. The molecule has 2 atom stereocenters. The van der Waals surface area contributed by atoms with Crippen molar-refractivity contribution in [3.8, 4) is 6.07 Å². The highest BCUT2D eigenvalue weighted by Crippen LogP contribution is 2.19. The first-order valence-electron chi connectivity index (χ1n) is 6.17. The number of benzene rings is 1. The van der Waals surface area contributed by atoms with Crippen LogP contribution < -0.4 is 5.32 Å². The second kappa shape index (κ2) is 5.81. The van der Waals surface area contributed by atoms with E-state index in [0.29, 0.717) is 6.04 Å². The standard InChI is InChI=1S/C14H19N3/c1-16-14-7-8-17(11-14)10-13(9-15)12-5-3-2-4-6-12/h2-6,13-14,16H,7-8,10-11H2,1H3.